The Morgan fingerprint density at radius 3 is 2.14 bits per heavy atom. The summed E-state index contributed by atoms with van der Waals surface area (Å²) in [6.45, 7) is 5.41. The minimum absolute atomic E-state index is 0.150. The number of para-hydroxylation sites is 1. The van der Waals surface area contributed by atoms with Crippen molar-refractivity contribution >= 4 is 115 Å². The number of hydrogen-bond donors (Lipinski definition) is 0. The Hall–Kier alpha value is -5.11. The number of nitrogens with zero attached hydrogens (tertiary/aromatic N) is 1. The van der Waals surface area contributed by atoms with Crippen molar-refractivity contribution in [2.45, 2.75) is 43.7 Å². The molecule has 0 bridgehead atoms. The third-order valence-electron chi connectivity index (χ3n) is 13.7. The van der Waals surface area contributed by atoms with Gasteiger partial charge in [0.15, 0.2) is 8.07 Å². The molecule has 12 rings (SSSR count). The molecular formula is C52H42BNS2Si2. The van der Waals surface area contributed by atoms with Gasteiger partial charge in [-0.15, -0.1) is 11.3 Å². The van der Waals surface area contributed by atoms with Crippen molar-refractivity contribution in [2.24, 2.45) is 0 Å². The van der Waals surface area contributed by atoms with Gasteiger partial charge in [0.05, 0.1) is 5.69 Å². The molecule has 3 aliphatic heterocycles. The Morgan fingerprint density at radius 2 is 1.31 bits per heavy atom. The Kier molecular flexibility index (Phi) is 7.94. The maximum atomic E-state index is 2.65. The van der Waals surface area contributed by atoms with Gasteiger partial charge in [0.25, 0.3) is 0 Å². The highest BCUT2D eigenvalue weighted by Gasteiger charge is 2.54. The maximum Gasteiger partial charge on any atom is 0.240 e. The van der Waals surface area contributed by atoms with E-state index in [0.717, 1.165) is 6.42 Å². The summed E-state index contributed by atoms with van der Waals surface area (Å²) in [6, 6.07) is 63.9. The summed E-state index contributed by atoms with van der Waals surface area (Å²) in [7, 11) is -5.00. The van der Waals surface area contributed by atoms with Crippen LogP contribution in [0.25, 0.3) is 21.2 Å². The van der Waals surface area contributed by atoms with E-state index in [4.69, 9.17) is 0 Å². The molecule has 1 nitrogen and oxygen atoms in total. The number of rotatable bonds is 4. The van der Waals surface area contributed by atoms with Crippen LogP contribution in [0.4, 0.5) is 11.4 Å². The quantitative estimate of drug-likeness (QED) is 0.166. The summed E-state index contributed by atoms with van der Waals surface area (Å²) in [5, 5.41) is 12.9. The second kappa shape index (κ2) is 13.2. The molecular weight excluding hydrogens is 770 g/mol. The summed E-state index contributed by atoms with van der Waals surface area (Å²) < 4.78 is 1.34. The molecule has 58 heavy (non-hydrogen) atoms. The highest BCUT2D eigenvalue weighted by atomic mass is 32.2. The van der Waals surface area contributed by atoms with Crippen LogP contribution in [0.1, 0.15) is 25.7 Å². The van der Waals surface area contributed by atoms with Crippen molar-refractivity contribution in [3.63, 3.8) is 0 Å². The number of anilines is 2. The first-order chi connectivity index (χ1) is 28.5. The van der Waals surface area contributed by atoms with Gasteiger partial charge in [-0.2, -0.15) is 0 Å². The number of benzene rings is 7. The number of allylic oxidation sites excluding steroid dienone is 2. The number of fused-ring (bicyclic) bond motifs is 6. The van der Waals surface area contributed by atoms with E-state index < -0.39 is 16.1 Å². The fourth-order valence-corrected chi connectivity index (χ4v) is 22.0. The van der Waals surface area contributed by atoms with Gasteiger partial charge in [0.2, 0.25) is 6.71 Å². The van der Waals surface area contributed by atoms with Crippen molar-refractivity contribution < 1.29 is 0 Å². The van der Waals surface area contributed by atoms with Gasteiger partial charge >= 0.3 is 0 Å². The molecule has 4 heterocycles. The molecule has 4 aliphatic rings. The first-order valence-corrected chi connectivity index (χ1v) is 27.5. The Balaban J connectivity index is 1.15. The van der Waals surface area contributed by atoms with E-state index in [-0.39, 0.29) is 6.71 Å². The van der Waals surface area contributed by atoms with E-state index in [0.29, 0.717) is 0 Å². The van der Waals surface area contributed by atoms with Gasteiger partial charge in [0, 0.05) is 36.8 Å². The normalized spacial score (nSPS) is 16.9. The third kappa shape index (κ3) is 4.89. The van der Waals surface area contributed by atoms with Gasteiger partial charge in [-0.05, 0) is 87.7 Å². The Bertz CT molecular complexity index is 2950. The highest BCUT2D eigenvalue weighted by molar-refractivity contribution is 8.03. The molecule has 1 aliphatic carbocycles. The molecule has 0 N–H and O–H groups in total. The molecule has 0 atom stereocenters. The Morgan fingerprint density at radius 1 is 0.586 bits per heavy atom. The van der Waals surface area contributed by atoms with Crippen LogP contribution in [-0.2, 0) is 0 Å². The molecule has 7 aromatic carbocycles. The van der Waals surface area contributed by atoms with Crippen molar-refractivity contribution in [2.75, 3.05) is 4.90 Å². The van der Waals surface area contributed by atoms with Gasteiger partial charge in [-0.1, -0.05) is 185 Å². The van der Waals surface area contributed by atoms with Crippen LogP contribution < -0.4 is 52.4 Å². The van der Waals surface area contributed by atoms with E-state index in [1.54, 1.807) is 25.9 Å². The zero-order valence-electron chi connectivity index (χ0n) is 32.8. The summed E-state index contributed by atoms with van der Waals surface area (Å²) in [4.78, 5) is 5.59. The largest absolute Gasteiger partial charge is 0.312 e. The topological polar surface area (TPSA) is 3.24 Å². The molecule has 0 unspecified atom stereocenters. The van der Waals surface area contributed by atoms with Crippen LogP contribution in [0.3, 0.4) is 0 Å². The lowest BCUT2D eigenvalue weighted by Crippen LogP contribution is -2.91. The monoisotopic (exact) mass is 811 g/mol. The summed E-state index contributed by atoms with van der Waals surface area (Å²) in [5.74, 6) is 0. The highest BCUT2D eigenvalue weighted by Crippen LogP contribution is 2.51. The van der Waals surface area contributed by atoms with E-state index in [2.05, 4.69) is 187 Å². The number of hydrogen-bond acceptors (Lipinski definition) is 3. The second-order valence-electron chi connectivity index (χ2n) is 17.0. The molecule has 0 saturated heterocycles. The predicted octanol–water partition coefficient (Wildman–Crippen LogP) is 7.94. The summed E-state index contributed by atoms with van der Waals surface area (Å²) in [5.41, 5.74) is 11.4. The SMILES string of the molecule is C[Si]1(C)c2cc(N3C4=C(CCCC4)Sc4ccccc43)ccc2B2c3cc(-c4csc5ccccc45)ccc3[Si](c3ccccc3)(c3ccccc3)c3cccc1c32. The average molecular weight is 812 g/mol. The van der Waals surface area contributed by atoms with E-state index in [1.807, 2.05) is 23.1 Å². The fraction of sp³-hybridized carbons (Fsp3) is 0.115. The average Bonchev–Trinajstić information content (AvgIpc) is 3.72. The van der Waals surface area contributed by atoms with Crippen LogP contribution in [0, 0.1) is 0 Å². The van der Waals surface area contributed by atoms with Gasteiger partial charge in [0.1, 0.15) is 8.07 Å². The summed E-state index contributed by atoms with van der Waals surface area (Å²) in [6.07, 6.45) is 4.87. The van der Waals surface area contributed by atoms with Crippen LogP contribution in [0.2, 0.25) is 13.1 Å². The van der Waals surface area contributed by atoms with Gasteiger partial charge in [-0.3, -0.25) is 0 Å². The Labute approximate surface area is 352 Å². The minimum Gasteiger partial charge on any atom is -0.312 e. The zero-order chi connectivity index (χ0) is 38.6. The van der Waals surface area contributed by atoms with Crippen LogP contribution >= 0.6 is 23.1 Å². The third-order valence-corrected chi connectivity index (χ3v) is 24.4. The second-order valence-corrected chi connectivity index (χ2v) is 27.1. The predicted molar refractivity (Wildman–Crippen MR) is 259 cm³/mol. The molecule has 0 fully saturated rings. The first kappa shape index (κ1) is 34.9. The van der Waals surface area contributed by atoms with Gasteiger partial charge < -0.3 is 4.90 Å². The minimum atomic E-state index is -2.77. The van der Waals surface area contributed by atoms with E-state index >= 15 is 0 Å². The lowest BCUT2D eigenvalue weighted by molar-refractivity contribution is 0.680. The zero-order valence-corrected chi connectivity index (χ0v) is 36.5. The molecule has 1 aromatic heterocycles. The van der Waals surface area contributed by atoms with Crippen molar-refractivity contribution in [1.82, 2.24) is 0 Å². The van der Waals surface area contributed by atoms with Crippen LogP contribution in [0.15, 0.2) is 185 Å². The van der Waals surface area contributed by atoms with E-state index in [1.165, 1.54) is 88.9 Å². The molecule has 6 heteroatoms. The number of thiophene rings is 1. The first-order valence-electron chi connectivity index (χ1n) is 20.8. The molecule has 0 spiro atoms. The molecule has 8 aromatic rings. The molecule has 0 amide bonds. The number of thioether (sulfide) groups is 1. The van der Waals surface area contributed by atoms with Gasteiger partial charge in [-0.25, -0.2) is 0 Å². The van der Waals surface area contributed by atoms with Crippen molar-refractivity contribution in [1.29, 1.82) is 0 Å². The standard InChI is InChI=1S/C52H42BNS2Si2/c1-57(2)49-26-15-27-50-52(49)53(41-30-29-36(33-51(41)57)54-43-21-10-13-24-46(43)56-47-25-14-11-22-44(47)54)42-32-35(40-34-55-45-23-12-9-20-39(40)45)28-31-48(42)58(50,37-16-5-3-6-17-37)38-18-7-4-8-19-38/h3-10,12-13,15-21,23-24,26-34H,11,14,22,25H2,1-2H3. The van der Waals surface area contributed by atoms with Crippen molar-refractivity contribution in [3.05, 3.63) is 180 Å². The van der Waals surface area contributed by atoms with Crippen LogP contribution in [-0.4, -0.2) is 22.9 Å². The lowest BCUT2D eigenvalue weighted by atomic mass is 9.36. The fourth-order valence-electron chi connectivity index (χ4n) is 11.2. The van der Waals surface area contributed by atoms with E-state index in [9.17, 15) is 0 Å². The summed E-state index contributed by atoms with van der Waals surface area (Å²) >= 11 is 3.87. The van der Waals surface area contributed by atoms with Crippen LogP contribution in [0.5, 0.6) is 0 Å². The lowest BCUT2D eigenvalue weighted by Gasteiger charge is -2.48. The van der Waals surface area contributed by atoms with Crippen molar-refractivity contribution in [3.8, 4) is 11.1 Å². The smallest absolute Gasteiger partial charge is 0.240 e. The molecule has 278 valence electrons. The molecule has 0 saturated carbocycles. The molecule has 0 radical (unpaired) electrons. The maximum absolute atomic E-state index is 2.77.